The van der Waals surface area contributed by atoms with Crippen molar-refractivity contribution in [2.45, 2.75) is 13.0 Å². The highest BCUT2D eigenvalue weighted by molar-refractivity contribution is 6.34. The van der Waals surface area contributed by atoms with Crippen LogP contribution in [0.2, 0.25) is 10.0 Å². The molecule has 1 heterocycles. The predicted octanol–water partition coefficient (Wildman–Crippen LogP) is 4.10. The van der Waals surface area contributed by atoms with Crippen LogP contribution in [-0.2, 0) is 0 Å². The van der Waals surface area contributed by atoms with Gasteiger partial charge in [-0.25, -0.2) is 0 Å². The van der Waals surface area contributed by atoms with Crippen molar-refractivity contribution >= 4 is 23.2 Å². The number of halogens is 2. The first kappa shape index (κ1) is 15.1. The number of hydrogen-bond acceptors (Lipinski definition) is 3. The van der Waals surface area contributed by atoms with Gasteiger partial charge in [-0.1, -0.05) is 42.3 Å². The van der Waals surface area contributed by atoms with Crippen LogP contribution < -0.4 is 10.1 Å². The van der Waals surface area contributed by atoms with E-state index in [1.165, 1.54) is 0 Å². The van der Waals surface area contributed by atoms with Gasteiger partial charge in [0.1, 0.15) is 5.75 Å². The molecule has 0 aliphatic heterocycles. The Morgan fingerprint density at radius 3 is 2.50 bits per heavy atom. The Kier molecular flexibility index (Phi) is 5.24. The quantitative estimate of drug-likeness (QED) is 0.903. The fraction of sp³-hybridized carbons (Fsp3) is 0.267. The lowest BCUT2D eigenvalue weighted by Crippen LogP contribution is -2.23. The first-order valence-electron chi connectivity index (χ1n) is 6.34. The fourth-order valence-electron chi connectivity index (χ4n) is 2.01. The molecule has 20 heavy (non-hydrogen) atoms. The topological polar surface area (TPSA) is 34.1 Å². The number of rotatable bonds is 5. The minimum Gasteiger partial charge on any atom is -0.497 e. The molecule has 106 valence electrons. The molecule has 1 N–H and O–H groups in total. The Morgan fingerprint density at radius 1 is 1.25 bits per heavy atom. The zero-order valence-corrected chi connectivity index (χ0v) is 12.9. The smallest absolute Gasteiger partial charge is 0.118 e. The number of ether oxygens (including phenoxy) is 1. The average Bonchev–Trinajstić information content (AvgIpc) is 2.46. The highest BCUT2D eigenvalue weighted by Gasteiger charge is 2.18. The van der Waals surface area contributed by atoms with Crippen LogP contribution in [0.3, 0.4) is 0 Å². The zero-order valence-electron chi connectivity index (χ0n) is 11.4. The van der Waals surface area contributed by atoms with Crippen molar-refractivity contribution in [2.24, 2.45) is 0 Å². The Balaban J connectivity index is 2.38. The number of benzene rings is 1. The SMILES string of the molecule is CCNC(c1ccc(OC)cc1)c1ncc(Cl)cc1Cl. The summed E-state index contributed by atoms with van der Waals surface area (Å²) in [6, 6.07) is 9.47. The van der Waals surface area contributed by atoms with Crippen molar-refractivity contribution in [1.82, 2.24) is 10.3 Å². The van der Waals surface area contributed by atoms with Crippen LogP contribution in [-0.4, -0.2) is 18.6 Å². The number of hydrogen-bond donors (Lipinski definition) is 1. The van der Waals surface area contributed by atoms with E-state index in [0.29, 0.717) is 10.0 Å². The number of methoxy groups -OCH3 is 1. The molecule has 3 nitrogen and oxygen atoms in total. The highest BCUT2D eigenvalue weighted by Crippen LogP contribution is 2.29. The van der Waals surface area contributed by atoms with Crippen molar-refractivity contribution in [1.29, 1.82) is 0 Å². The normalized spacial score (nSPS) is 12.2. The summed E-state index contributed by atoms with van der Waals surface area (Å²) in [6.07, 6.45) is 1.61. The van der Waals surface area contributed by atoms with Crippen LogP contribution >= 0.6 is 23.2 Å². The zero-order chi connectivity index (χ0) is 14.5. The van der Waals surface area contributed by atoms with Crippen molar-refractivity contribution in [2.75, 3.05) is 13.7 Å². The molecule has 1 aromatic heterocycles. The maximum absolute atomic E-state index is 6.26. The van der Waals surface area contributed by atoms with E-state index in [1.54, 1.807) is 19.4 Å². The number of pyridine rings is 1. The summed E-state index contributed by atoms with van der Waals surface area (Å²) in [5, 5.41) is 4.47. The van der Waals surface area contributed by atoms with Crippen LogP contribution in [0.25, 0.3) is 0 Å². The third-order valence-corrected chi connectivity index (χ3v) is 3.48. The molecule has 5 heteroatoms. The van der Waals surface area contributed by atoms with Crippen molar-refractivity contribution in [3.63, 3.8) is 0 Å². The van der Waals surface area contributed by atoms with Gasteiger partial charge in [0.05, 0.1) is 28.9 Å². The monoisotopic (exact) mass is 310 g/mol. The van der Waals surface area contributed by atoms with Crippen LogP contribution in [0, 0.1) is 0 Å². The summed E-state index contributed by atoms with van der Waals surface area (Å²) in [6.45, 7) is 2.84. The van der Waals surface area contributed by atoms with Crippen molar-refractivity contribution in [3.05, 3.63) is 57.8 Å². The van der Waals surface area contributed by atoms with E-state index in [4.69, 9.17) is 27.9 Å². The van der Waals surface area contributed by atoms with Gasteiger partial charge in [-0.05, 0) is 30.3 Å². The molecule has 0 bridgehead atoms. The van der Waals surface area contributed by atoms with Gasteiger partial charge in [0, 0.05) is 6.20 Å². The molecule has 0 spiro atoms. The molecule has 0 radical (unpaired) electrons. The summed E-state index contributed by atoms with van der Waals surface area (Å²) < 4.78 is 5.17. The molecule has 0 amide bonds. The molecule has 0 aliphatic rings. The standard InChI is InChI=1S/C15H16Cl2N2O/c1-3-18-14(10-4-6-12(20-2)7-5-10)15-13(17)8-11(16)9-19-15/h4-9,14,18H,3H2,1-2H3. The second kappa shape index (κ2) is 6.93. The average molecular weight is 311 g/mol. The summed E-state index contributed by atoms with van der Waals surface area (Å²) in [7, 11) is 1.65. The number of nitrogens with one attached hydrogen (secondary N) is 1. The molecule has 0 aliphatic carbocycles. The summed E-state index contributed by atoms with van der Waals surface area (Å²) in [5.74, 6) is 0.819. The molecule has 2 aromatic rings. The molecule has 2 rings (SSSR count). The van der Waals surface area contributed by atoms with E-state index in [1.807, 2.05) is 31.2 Å². The molecule has 1 unspecified atom stereocenters. The van der Waals surface area contributed by atoms with Crippen molar-refractivity contribution < 1.29 is 4.74 Å². The second-order valence-corrected chi connectivity index (χ2v) is 5.13. The Bertz CT molecular complexity index is 573. The maximum atomic E-state index is 6.26. The first-order valence-corrected chi connectivity index (χ1v) is 7.09. The molecule has 0 saturated carbocycles. The van der Waals surface area contributed by atoms with E-state index >= 15 is 0 Å². The van der Waals surface area contributed by atoms with Gasteiger partial charge in [0.2, 0.25) is 0 Å². The van der Waals surface area contributed by atoms with E-state index in [0.717, 1.165) is 23.6 Å². The Labute approximate surface area is 128 Å². The molecule has 1 atom stereocenters. The van der Waals surface area contributed by atoms with E-state index in [-0.39, 0.29) is 6.04 Å². The van der Waals surface area contributed by atoms with E-state index in [9.17, 15) is 0 Å². The summed E-state index contributed by atoms with van der Waals surface area (Å²) in [5.41, 5.74) is 1.84. The van der Waals surface area contributed by atoms with Gasteiger partial charge in [-0.3, -0.25) is 4.98 Å². The maximum Gasteiger partial charge on any atom is 0.118 e. The predicted molar refractivity (Wildman–Crippen MR) is 82.8 cm³/mol. The molecular formula is C15H16Cl2N2O. The van der Waals surface area contributed by atoms with Gasteiger partial charge >= 0.3 is 0 Å². The van der Waals surface area contributed by atoms with Crippen LogP contribution in [0.1, 0.15) is 24.2 Å². The van der Waals surface area contributed by atoms with E-state index in [2.05, 4.69) is 10.3 Å². The lowest BCUT2D eigenvalue weighted by Gasteiger charge is -2.19. The fourth-order valence-corrected chi connectivity index (χ4v) is 2.50. The lowest BCUT2D eigenvalue weighted by molar-refractivity contribution is 0.414. The van der Waals surface area contributed by atoms with Gasteiger partial charge in [-0.15, -0.1) is 0 Å². The molecule has 0 fully saturated rings. The van der Waals surface area contributed by atoms with Gasteiger partial charge < -0.3 is 10.1 Å². The van der Waals surface area contributed by atoms with Gasteiger partial charge in [-0.2, -0.15) is 0 Å². The first-order chi connectivity index (χ1) is 9.65. The third-order valence-electron chi connectivity index (χ3n) is 2.97. The summed E-state index contributed by atoms with van der Waals surface area (Å²) in [4.78, 5) is 4.36. The molecular weight excluding hydrogens is 295 g/mol. The molecule has 1 aromatic carbocycles. The molecule has 0 saturated heterocycles. The minimum atomic E-state index is -0.0735. The summed E-state index contributed by atoms with van der Waals surface area (Å²) >= 11 is 12.2. The Morgan fingerprint density at radius 2 is 1.95 bits per heavy atom. The van der Waals surface area contributed by atoms with Crippen LogP contribution in [0.15, 0.2) is 36.5 Å². The Hall–Kier alpha value is -1.29. The van der Waals surface area contributed by atoms with Gasteiger partial charge in [0.15, 0.2) is 0 Å². The highest BCUT2D eigenvalue weighted by atomic mass is 35.5. The van der Waals surface area contributed by atoms with Gasteiger partial charge in [0.25, 0.3) is 0 Å². The number of aromatic nitrogens is 1. The second-order valence-electron chi connectivity index (χ2n) is 4.28. The minimum absolute atomic E-state index is 0.0735. The van der Waals surface area contributed by atoms with Crippen LogP contribution in [0.5, 0.6) is 5.75 Å². The lowest BCUT2D eigenvalue weighted by atomic mass is 10.0. The third kappa shape index (κ3) is 3.42. The largest absolute Gasteiger partial charge is 0.497 e. The number of nitrogens with zero attached hydrogens (tertiary/aromatic N) is 1. The van der Waals surface area contributed by atoms with Crippen LogP contribution in [0.4, 0.5) is 0 Å². The van der Waals surface area contributed by atoms with E-state index < -0.39 is 0 Å². The van der Waals surface area contributed by atoms with Crippen molar-refractivity contribution in [3.8, 4) is 5.75 Å².